The molecule has 2 aromatic rings. The second kappa shape index (κ2) is 4.80. The van der Waals surface area contributed by atoms with Crippen molar-refractivity contribution in [3.63, 3.8) is 0 Å². The van der Waals surface area contributed by atoms with Crippen LogP contribution in [0.2, 0.25) is 0 Å². The standard InChI is InChI=1S/C10H14BrN5/c1-2-7(12)6-13-10-14-9-8(11)4-3-5-16(9)15-10/h3-5,7H,2,6,12H2,1H3,(H,13,15). The van der Waals surface area contributed by atoms with Crippen molar-refractivity contribution in [2.24, 2.45) is 5.73 Å². The van der Waals surface area contributed by atoms with Crippen LogP contribution < -0.4 is 11.1 Å². The average Bonchev–Trinajstić information content (AvgIpc) is 2.70. The minimum absolute atomic E-state index is 0.134. The van der Waals surface area contributed by atoms with E-state index in [0.717, 1.165) is 16.5 Å². The molecule has 0 saturated carbocycles. The van der Waals surface area contributed by atoms with Crippen LogP contribution in [0.5, 0.6) is 0 Å². The summed E-state index contributed by atoms with van der Waals surface area (Å²) in [4.78, 5) is 4.36. The Kier molecular flexibility index (Phi) is 3.40. The largest absolute Gasteiger partial charge is 0.351 e. The number of halogens is 1. The minimum atomic E-state index is 0.134. The van der Waals surface area contributed by atoms with Gasteiger partial charge < -0.3 is 11.1 Å². The molecule has 0 fully saturated rings. The Labute approximate surface area is 102 Å². The zero-order chi connectivity index (χ0) is 11.5. The van der Waals surface area contributed by atoms with E-state index in [1.807, 2.05) is 18.3 Å². The molecule has 0 amide bonds. The highest BCUT2D eigenvalue weighted by atomic mass is 79.9. The van der Waals surface area contributed by atoms with Gasteiger partial charge in [0.1, 0.15) is 0 Å². The quantitative estimate of drug-likeness (QED) is 0.895. The van der Waals surface area contributed by atoms with Crippen molar-refractivity contribution >= 4 is 27.5 Å². The lowest BCUT2D eigenvalue weighted by Crippen LogP contribution is -2.28. The fraction of sp³-hybridized carbons (Fsp3) is 0.400. The third-order valence-corrected chi connectivity index (χ3v) is 2.98. The van der Waals surface area contributed by atoms with Gasteiger partial charge in [0.15, 0.2) is 5.65 Å². The van der Waals surface area contributed by atoms with Gasteiger partial charge in [0.2, 0.25) is 5.95 Å². The molecule has 2 aromatic heterocycles. The van der Waals surface area contributed by atoms with Crippen LogP contribution in [0, 0.1) is 0 Å². The van der Waals surface area contributed by atoms with Crippen LogP contribution in [0.4, 0.5) is 5.95 Å². The number of anilines is 1. The first kappa shape index (κ1) is 11.3. The molecule has 16 heavy (non-hydrogen) atoms. The van der Waals surface area contributed by atoms with Crippen molar-refractivity contribution in [2.75, 3.05) is 11.9 Å². The summed E-state index contributed by atoms with van der Waals surface area (Å²) in [5, 5.41) is 7.41. The number of nitrogens with two attached hydrogens (primary N) is 1. The van der Waals surface area contributed by atoms with Gasteiger partial charge in [-0.1, -0.05) is 6.92 Å². The molecule has 3 N–H and O–H groups in total. The number of aromatic nitrogens is 3. The maximum Gasteiger partial charge on any atom is 0.243 e. The van der Waals surface area contributed by atoms with Crippen molar-refractivity contribution in [3.05, 3.63) is 22.8 Å². The van der Waals surface area contributed by atoms with Crippen LogP contribution in [-0.2, 0) is 0 Å². The second-order valence-corrected chi connectivity index (χ2v) is 4.46. The summed E-state index contributed by atoms with van der Waals surface area (Å²) in [5.74, 6) is 0.607. The summed E-state index contributed by atoms with van der Waals surface area (Å²) in [7, 11) is 0. The van der Waals surface area contributed by atoms with Gasteiger partial charge in [0, 0.05) is 18.8 Å². The smallest absolute Gasteiger partial charge is 0.243 e. The van der Waals surface area contributed by atoms with Crippen LogP contribution in [0.25, 0.3) is 5.65 Å². The van der Waals surface area contributed by atoms with Crippen molar-refractivity contribution in [1.29, 1.82) is 0 Å². The molecule has 6 heteroatoms. The van der Waals surface area contributed by atoms with Crippen LogP contribution in [0.15, 0.2) is 22.8 Å². The fourth-order valence-corrected chi connectivity index (χ4v) is 1.74. The first-order chi connectivity index (χ1) is 7.70. The predicted octanol–water partition coefficient (Wildman–Crippen LogP) is 1.64. The van der Waals surface area contributed by atoms with Crippen molar-refractivity contribution in [1.82, 2.24) is 14.6 Å². The van der Waals surface area contributed by atoms with Gasteiger partial charge in [0.25, 0.3) is 0 Å². The van der Waals surface area contributed by atoms with Crippen LogP contribution in [-0.4, -0.2) is 27.2 Å². The highest BCUT2D eigenvalue weighted by Gasteiger charge is 2.06. The number of fused-ring (bicyclic) bond motifs is 1. The van der Waals surface area contributed by atoms with E-state index in [-0.39, 0.29) is 6.04 Å². The van der Waals surface area contributed by atoms with Crippen LogP contribution >= 0.6 is 15.9 Å². The number of rotatable bonds is 4. The molecule has 1 unspecified atom stereocenters. The van der Waals surface area contributed by atoms with E-state index < -0.39 is 0 Å². The van der Waals surface area contributed by atoms with Gasteiger partial charge in [-0.05, 0) is 34.5 Å². The molecule has 86 valence electrons. The average molecular weight is 284 g/mol. The number of hydrogen-bond donors (Lipinski definition) is 2. The molecule has 2 heterocycles. The molecule has 0 saturated heterocycles. The van der Waals surface area contributed by atoms with Gasteiger partial charge >= 0.3 is 0 Å². The van der Waals surface area contributed by atoms with Gasteiger partial charge in [0.05, 0.1) is 4.47 Å². The highest BCUT2D eigenvalue weighted by Crippen LogP contribution is 2.16. The monoisotopic (exact) mass is 283 g/mol. The van der Waals surface area contributed by atoms with Gasteiger partial charge in [-0.15, -0.1) is 5.10 Å². The Balaban J connectivity index is 2.17. The Morgan fingerprint density at radius 3 is 3.12 bits per heavy atom. The highest BCUT2D eigenvalue weighted by molar-refractivity contribution is 9.10. The second-order valence-electron chi connectivity index (χ2n) is 3.61. The zero-order valence-corrected chi connectivity index (χ0v) is 10.6. The zero-order valence-electron chi connectivity index (χ0n) is 9.02. The van der Waals surface area contributed by atoms with Gasteiger partial charge in [-0.25, -0.2) is 4.52 Å². The van der Waals surface area contributed by atoms with E-state index in [9.17, 15) is 0 Å². The van der Waals surface area contributed by atoms with Crippen LogP contribution in [0.3, 0.4) is 0 Å². The van der Waals surface area contributed by atoms with Gasteiger partial charge in [-0.3, -0.25) is 0 Å². The Hall–Kier alpha value is -1.14. The molecule has 0 radical (unpaired) electrons. The first-order valence-corrected chi connectivity index (χ1v) is 6.00. The summed E-state index contributed by atoms with van der Waals surface area (Å²) in [6.07, 6.45) is 2.79. The lowest BCUT2D eigenvalue weighted by Gasteiger charge is -2.07. The molecule has 0 aliphatic heterocycles. The maximum absolute atomic E-state index is 5.81. The Bertz CT molecular complexity index is 481. The number of nitrogens with zero attached hydrogens (tertiary/aromatic N) is 3. The lowest BCUT2D eigenvalue weighted by atomic mass is 10.2. The predicted molar refractivity (Wildman–Crippen MR) is 67.4 cm³/mol. The van der Waals surface area contributed by atoms with Crippen molar-refractivity contribution in [3.8, 4) is 0 Å². The minimum Gasteiger partial charge on any atom is -0.351 e. The van der Waals surface area contributed by atoms with E-state index in [2.05, 4.69) is 38.3 Å². The van der Waals surface area contributed by atoms with Crippen molar-refractivity contribution in [2.45, 2.75) is 19.4 Å². The van der Waals surface area contributed by atoms with E-state index in [1.165, 1.54) is 0 Å². The fourth-order valence-electron chi connectivity index (χ4n) is 1.32. The normalized spacial score (nSPS) is 12.9. The maximum atomic E-state index is 5.81. The van der Waals surface area contributed by atoms with Gasteiger partial charge in [-0.2, -0.15) is 4.98 Å². The Morgan fingerprint density at radius 1 is 1.62 bits per heavy atom. The summed E-state index contributed by atoms with van der Waals surface area (Å²) >= 11 is 3.43. The SMILES string of the molecule is CCC(N)CNc1nc2c(Br)cccn2n1. The number of nitrogens with one attached hydrogen (secondary N) is 1. The van der Waals surface area contributed by atoms with E-state index >= 15 is 0 Å². The lowest BCUT2D eigenvalue weighted by molar-refractivity contribution is 0.676. The molecular weight excluding hydrogens is 270 g/mol. The molecule has 0 aromatic carbocycles. The Morgan fingerprint density at radius 2 is 2.44 bits per heavy atom. The molecule has 2 rings (SSSR count). The molecule has 0 bridgehead atoms. The molecule has 1 atom stereocenters. The van der Waals surface area contributed by atoms with E-state index in [4.69, 9.17) is 5.73 Å². The summed E-state index contributed by atoms with van der Waals surface area (Å²) < 4.78 is 2.65. The van der Waals surface area contributed by atoms with E-state index in [0.29, 0.717) is 12.5 Å². The first-order valence-electron chi connectivity index (χ1n) is 5.21. The van der Waals surface area contributed by atoms with Crippen LogP contribution in [0.1, 0.15) is 13.3 Å². The summed E-state index contributed by atoms with van der Waals surface area (Å²) in [6, 6.07) is 3.98. The summed E-state index contributed by atoms with van der Waals surface area (Å²) in [5.41, 5.74) is 6.61. The molecule has 5 nitrogen and oxygen atoms in total. The molecule has 0 aliphatic rings. The topological polar surface area (TPSA) is 68.2 Å². The molecule has 0 spiro atoms. The number of hydrogen-bond acceptors (Lipinski definition) is 4. The van der Waals surface area contributed by atoms with Crippen molar-refractivity contribution < 1.29 is 0 Å². The molecule has 0 aliphatic carbocycles. The number of pyridine rings is 1. The molecular formula is C10H14BrN5. The third-order valence-electron chi connectivity index (χ3n) is 2.36. The summed E-state index contributed by atoms with van der Waals surface area (Å²) in [6.45, 7) is 2.74. The van der Waals surface area contributed by atoms with E-state index in [1.54, 1.807) is 4.52 Å². The third kappa shape index (κ3) is 2.33.